The molecule has 0 aliphatic carbocycles. The summed E-state index contributed by atoms with van der Waals surface area (Å²) in [5, 5.41) is 0. The van der Waals surface area contributed by atoms with Gasteiger partial charge >= 0.3 is 0 Å². The fourth-order valence-electron chi connectivity index (χ4n) is 2.14. The van der Waals surface area contributed by atoms with Gasteiger partial charge in [0.2, 0.25) is 0 Å². The van der Waals surface area contributed by atoms with Crippen molar-refractivity contribution in [2.45, 2.75) is 19.3 Å². The number of piperidine rings is 1. The second-order valence-corrected chi connectivity index (χ2v) is 4.68. The molecular formula is C14H15F2NO2. The summed E-state index contributed by atoms with van der Waals surface area (Å²) in [5.41, 5.74) is -0.0746. The third-order valence-electron chi connectivity index (χ3n) is 3.30. The SMILES string of the molecule is O=C1CCN(CCC(=O)c2ccc(F)cc2F)CC1. The van der Waals surface area contributed by atoms with Gasteiger partial charge in [-0.05, 0) is 12.1 Å². The lowest BCUT2D eigenvalue weighted by molar-refractivity contribution is -0.121. The van der Waals surface area contributed by atoms with E-state index in [4.69, 9.17) is 0 Å². The third kappa shape index (κ3) is 3.67. The molecule has 2 rings (SSSR count). The van der Waals surface area contributed by atoms with E-state index in [1.807, 2.05) is 4.90 Å². The summed E-state index contributed by atoms with van der Waals surface area (Å²) >= 11 is 0. The summed E-state index contributed by atoms with van der Waals surface area (Å²) in [4.78, 5) is 24.9. The first-order valence-electron chi connectivity index (χ1n) is 6.28. The van der Waals surface area contributed by atoms with Crippen molar-refractivity contribution < 1.29 is 18.4 Å². The van der Waals surface area contributed by atoms with Gasteiger partial charge < -0.3 is 4.90 Å². The monoisotopic (exact) mass is 267 g/mol. The zero-order valence-corrected chi connectivity index (χ0v) is 10.5. The number of nitrogens with zero attached hydrogens (tertiary/aromatic N) is 1. The van der Waals surface area contributed by atoms with Gasteiger partial charge in [0.05, 0.1) is 5.56 Å². The standard InChI is InChI=1S/C14H15F2NO2/c15-10-1-2-12(13(16)9-10)14(19)5-8-17-6-3-11(18)4-7-17/h1-2,9H,3-8H2. The highest BCUT2D eigenvalue weighted by Crippen LogP contribution is 2.13. The Hall–Kier alpha value is -1.62. The Morgan fingerprint density at radius 2 is 1.89 bits per heavy atom. The van der Waals surface area contributed by atoms with E-state index in [0.717, 1.165) is 6.07 Å². The molecule has 1 aromatic carbocycles. The summed E-state index contributed by atoms with van der Waals surface area (Å²) in [6.45, 7) is 1.80. The van der Waals surface area contributed by atoms with Gasteiger partial charge in [0.15, 0.2) is 5.78 Å². The average molecular weight is 267 g/mol. The van der Waals surface area contributed by atoms with Crippen molar-refractivity contribution in [3.63, 3.8) is 0 Å². The van der Waals surface area contributed by atoms with Gasteiger partial charge in [0, 0.05) is 45.0 Å². The Morgan fingerprint density at radius 1 is 1.21 bits per heavy atom. The second kappa shape index (κ2) is 6.02. The lowest BCUT2D eigenvalue weighted by atomic mass is 10.1. The summed E-state index contributed by atoms with van der Waals surface area (Å²) in [6, 6.07) is 2.97. The summed E-state index contributed by atoms with van der Waals surface area (Å²) < 4.78 is 26.1. The molecule has 0 aromatic heterocycles. The van der Waals surface area contributed by atoms with E-state index in [0.29, 0.717) is 38.5 Å². The Labute approximate surface area is 110 Å². The Kier molecular flexibility index (Phi) is 4.37. The highest BCUT2D eigenvalue weighted by Gasteiger charge is 2.18. The molecule has 19 heavy (non-hydrogen) atoms. The molecule has 1 aliphatic rings. The molecule has 0 spiro atoms. The van der Waals surface area contributed by atoms with Crippen molar-refractivity contribution >= 4 is 11.6 Å². The van der Waals surface area contributed by atoms with Crippen molar-refractivity contribution in [3.05, 3.63) is 35.4 Å². The van der Waals surface area contributed by atoms with Gasteiger partial charge in [-0.15, -0.1) is 0 Å². The van der Waals surface area contributed by atoms with Crippen LogP contribution >= 0.6 is 0 Å². The Balaban J connectivity index is 1.89. The molecule has 1 saturated heterocycles. The van der Waals surface area contributed by atoms with Crippen LogP contribution < -0.4 is 0 Å². The molecule has 5 heteroatoms. The molecule has 0 bridgehead atoms. The highest BCUT2D eigenvalue weighted by molar-refractivity contribution is 5.96. The number of carbonyl (C=O) groups excluding carboxylic acids is 2. The minimum atomic E-state index is -0.821. The van der Waals surface area contributed by atoms with Crippen LogP contribution in [-0.2, 0) is 4.79 Å². The van der Waals surface area contributed by atoms with Gasteiger partial charge in [-0.1, -0.05) is 0 Å². The fraction of sp³-hybridized carbons (Fsp3) is 0.429. The third-order valence-corrected chi connectivity index (χ3v) is 3.30. The molecule has 102 valence electrons. The molecular weight excluding hydrogens is 252 g/mol. The Morgan fingerprint density at radius 3 is 2.53 bits per heavy atom. The van der Waals surface area contributed by atoms with Crippen LogP contribution in [0.4, 0.5) is 8.78 Å². The summed E-state index contributed by atoms with van der Waals surface area (Å²) in [7, 11) is 0. The van der Waals surface area contributed by atoms with Crippen LogP contribution in [0.15, 0.2) is 18.2 Å². The van der Waals surface area contributed by atoms with Crippen molar-refractivity contribution in [1.29, 1.82) is 0 Å². The molecule has 1 heterocycles. The number of Topliss-reactive ketones (excluding diaryl/α,β-unsaturated/α-hetero) is 2. The van der Waals surface area contributed by atoms with E-state index >= 15 is 0 Å². The molecule has 1 fully saturated rings. The quantitative estimate of drug-likeness (QED) is 0.785. The molecule has 0 N–H and O–H groups in total. The van der Waals surface area contributed by atoms with Crippen molar-refractivity contribution in [3.8, 4) is 0 Å². The van der Waals surface area contributed by atoms with Crippen LogP contribution in [0.25, 0.3) is 0 Å². The first-order valence-corrected chi connectivity index (χ1v) is 6.28. The largest absolute Gasteiger partial charge is 0.302 e. The van der Waals surface area contributed by atoms with E-state index in [9.17, 15) is 18.4 Å². The lowest BCUT2D eigenvalue weighted by Crippen LogP contribution is -2.35. The topological polar surface area (TPSA) is 37.4 Å². The van der Waals surface area contributed by atoms with Crippen LogP contribution in [-0.4, -0.2) is 36.1 Å². The van der Waals surface area contributed by atoms with Gasteiger partial charge in [-0.2, -0.15) is 0 Å². The fourth-order valence-corrected chi connectivity index (χ4v) is 2.14. The number of carbonyl (C=O) groups is 2. The first kappa shape index (κ1) is 13.8. The molecule has 3 nitrogen and oxygen atoms in total. The summed E-state index contributed by atoms with van der Waals surface area (Å²) in [6.07, 6.45) is 1.20. The minimum Gasteiger partial charge on any atom is -0.302 e. The van der Waals surface area contributed by atoms with Crippen molar-refractivity contribution in [2.24, 2.45) is 0 Å². The number of likely N-dealkylation sites (tertiary alicyclic amines) is 1. The van der Waals surface area contributed by atoms with Crippen molar-refractivity contribution in [2.75, 3.05) is 19.6 Å². The van der Waals surface area contributed by atoms with E-state index in [1.54, 1.807) is 0 Å². The number of hydrogen-bond acceptors (Lipinski definition) is 3. The maximum atomic E-state index is 13.4. The number of ketones is 2. The van der Waals surface area contributed by atoms with Crippen LogP contribution in [0, 0.1) is 11.6 Å². The van der Waals surface area contributed by atoms with Crippen LogP contribution in [0.2, 0.25) is 0 Å². The van der Waals surface area contributed by atoms with E-state index < -0.39 is 11.6 Å². The van der Waals surface area contributed by atoms with Gasteiger partial charge in [0.25, 0.3) is 0 Å². The highest BCUT2D eigenvalue weighted by atomic mass is 19.1. The molecule has 1 aliphatic heterocycles. The molecule has 1 aromatic rings. The number of halogens is 2. The number of rotatable bonds is 4. The van der Waals surface area contributed by atoms with E-state index in [-0.39, 0.29) is 23.6 Å². The zero-order valence-electron chi connectivity index (χ0n) is 10.5. The van der Waals surface area contributed by atoms with Gasteiger partial charge in [-0.25, -0.2) is 8.78 Å². The van der Waals surface area contributed by atoms with Crippen LogP contribution in [0.3, 0.4) is 0 Å². The molecule has 0 unspecified atom stereocenters. The average Bonchev–Trinajstić information content (AvgIpc) is 2.37. The predicted molar refractivity (Wildman–Crippen MR) is 66.0 cm³/mol. The maximum Gasteiger partial charge on any atom is 0.167 e. The van der Waals surface area contributed by atoms with Gasteiger partial charge in [0.1, 0.15) is 17.4 Å². The van der Waals surface area contributed by atoms with Crippen LogP contribution in [0.1, 0.15) is 29.6 Å². The van der Waals surface area contributed by atoms with E-state index in [1.165, 1.54) is 6.07 Å². The molecule has 0 radical (unpaired) electrons. The maximum absolute atomic E-state index is 13.4. The molecule has 0 saturated carbocycles. The first-order chi connectivity index (χ1) is 9.06. The molecule has 0 atom stereocenters. The Bertz CT molecular complexity index is 492. The lowest BCUT2D eigenvalue weighted by Gasteiger charge is -2.25. The smallest absolute Gasteiger partial charge is 0.167 e. The van der Waals surface area contributed by atoms with Gasteiger partial charge in [-0.3, -0.25) is 9.59 Å². The zero-order chi connectivity index (χ0) is 13.8. The van der Waals surface area contributed by atoms with E-state index in [2.05, 4.69) is 0 Å². The molecule has 0 amide bonds. The van der Waals surface area contributed by atoms with Crippen LogP contribution in [0.5, 0.6) is 0 Å². The minimum absolute atomic E-state index is 0.0746. The van der Waals surface area contributed by atoms with Crippen molar-refractivity contribution in [1.82, 2.24) is 4.90 Å². The number of benzene rings is 1. The number of hydrogen-bond donors (Lipinski definition) is 0. The second-order valence-electron chi connectivity index (χ2n) is 4.68. The predicted octanol–water partition coefficient (Wildman–Crippen LogP) is 2.20. The summed E-state index contributed by atoms with van der Waals surface area (Å²) in [5.74, 6) is -1.61. The normalized spacial score (nSPS) is 16.6.